The molecule has 0 saturated carbocycles. The topological polar surface area (TPSA) is 81.8 Å². The molecule has 1 spiro atoms. The van der Waals surface area contributed by atoms with Gasteiger partial charge in [0.1, 0.15) is 6.04 Å². The van der Waals surface area contributed by atoms with Crippen molar-refractivity contribution in [3.63, 3.8) is 0 Å². The molecule has 0 bridgehead atoms. The van der Waals surface area contributed by atoms with Gasteiger partial charge in [-0.15, -0.1) is 0 Å². The number of hydrogen-bond acceptors (Lipinski definition) is 5. The van der Waals surface area contributed by atoms with Crippen molar-refractivity contribution in [3.8, 4) is 0 Å². The van der Waals surface area contributed by atoms with E-state index in [0.717, 1.165) is 32.4 Å². The van der Waals surface area contributed by atoms with Crippen LogP contribution in [0.3, 0.4) is 0 Å². The molecule has 3 fully saturated rings. The van der Waals surface area contributed by atoms with Crippen LogP contribution in [0.15, 0.2) is 0 Å². The SMILES string of the molecule is CC(C)CC(C(=O)C(=O)N1CCC2(CCCNC2)CC1)N1CCN[C@@H](CC(C)C)C1=O. The van der Waals surface area contributed by atoms with Gasteiger partial charge in [0.2, 0.25) is 11.7 Å². The third kappa shape index (κ3) is 5.86. The van der Waals surface area contributed by atoms with Crippen LogP contribution in [0.1, 0.15) is 66.2 Å². The summed E-state index contributed by atoms with van der Waals surface area (Å²) in [5.74, 6) is -0.207. The maximum atomic E-state index is 13.4. The van der Waals surface area contributed by atoms with Gasteiger partial charge >= 0.3 is 0 Å². The van der Waals surface area contributed by atoms with Gasteiger partial charge in [-0.3, -0.25) is 14.4 Å². The minimum atomic E-state index is -0.649. The summed E-state index contributed by atoms with van der Waals surface area (Å²) < 4.78 is 0. The van der Waals surface area contributed by atoms with Crippen LogP contribution < -0.4 is 10.6 Å². The van der Waals surface area contributed by atoms with E-state index in [9.17, 15) is 14.4 Å². The van der Waals surface area contributed by atoms with Crippen LogP contribution in [-0.2, 0) is 14.4 Å². The fourth-order valence-electron chi connectivity index (χ4n) is 5.48. The first-order valence-electron chi connectivity index (χ1n) is 12.3. The predicted molar refractivity (Wildman–Crippen MR) is 122 cm³/mol. The standard InChI is InChI=1S/C24H42N4O3/c1-17(2)14-19-22(30)28(13-10-26-19)20(15-18(3)4)21(29)23(31)27-11-7-24(8-12-27)6-5-9-25-16-24/h17-20,25-26H,5-16H2,1-4H3/t19-,20?/m0/s1. The lowest BCUT2D eigenvalue weighted by molar-refractivity contribution is -0.153. The zero-order valence-corrected chi connectivity index (χ0v) is 19.9. The molecular weight excluding hydrogens is 392 g/mol. The third-order valence-corrected chi connectivity index (χ3v) is 7.29. The van der Waals surface area contributed by atoms with Gasteiger partial charge in [0.25, 0.3) is 5.91 Å². The molecule has 3 aliphatic heterocycles. The van der Waals surface area contributed by atoms with Gasteiger partial charge in [-0.05, 0) is 62.3 Å². The molecule has 0 aromatic heterocycles. The summed E-state index contributed by atoms with van der Waals surface area (Å²) in [6.45, 7) is 12.8. The number of carbonyl (C=O) groups is 3. The summed E-state index contributed by atoms with van der Waals surface area (Å²) in [5, 5.41) is 6.80. The highest BCUT2D eigenvalue weighted by Crippen LogP contribution is 2.37. The number of piperidine rings is 2. The lowest BCUT2D eigenvalue weighted by Gasteiger charge is -2.45. The maximum absolute atomic E-state index is 13.4. The Morgan fingerprint density at radius 1 is 1.03 bits per heavy atom. The van der Waals surface area contributed by atoms with Crippen LogP contribution >= 0.6 is 0 Å². The Hall–Kier alpha value is -1.47. The van der Waals surface area contributed by atoms with E-state index in [0.29, 0.717) is 38.5 Å². The number of Topliss-reactive ketones (excluding diaryl/α,β-unsaturated/α-hetero) is 1. The van der Waals surface area contributed by atoms with E-state index in [1.807, 2.05) is 13.8 Å². The lowest BCUT2D eigenvalue weighted by Crippen LogP contribution is -2.62. The molecule has 2 N–H and O–H groups in total. The molecular formula is C24H42N4O3. The van der Waals surface area contributed by atoms with Crippen molar-refractivity contribution in [2.75, 3.05) is 39.3 Å². The average molecular weight is 435 g/mol. The number of hydrogen-bond donors (Lipinski definition) is 2. The molecule has 3 aliphatic rings. The maximum Gasteiger partial charge on any atom is 0.292 e. The minimum Gasteiger partial charge on any atom is -0.336 e. The first kappa shape index (κ1) is 24.2. The molecule has 2 atom stereocenters. The minimum absolute atomic E-state index is 0.0300. The van der Waals surface area contributed by atoms with Gasteiger partial charge in [0.05, 0.1) is 6.04 Å². The molecule has 0 aliphatic carbocycles. The van der Waals surface area contributed by atoms with E-state index in [1.165, 1.54) is 12.8 Å². The summed E-state index contributed by atoms with van der Waals surface area (Å²) in [6.07, 6.45) is 5.58. The number of ketones is 1. The second kappa shape index (κ2) is 10.4. The summed E-state index contributed by atoms with van der Waals surface area (Å²) in [5.41, 5.74) is 0.286. The van der Waals surface area contributed by atoms with Crippen LogP contribution in [0.25, 0.3) is 0 Å². The van der Waals surface area contributed by atoms with E-state index in [-0.39, 0.29) is 23.3 Å². The Morgan fingerprint density at radius 3 is 2.32 bits per heavy atom. The molecule has 0 aromatic carbocycles. The van der Waals surface area contributed by atoms with Gasteiger partial charge in [0.15, 0.2) is 0 Å². The Labute approximate surface area is 187 Å². The van der Waals surface area contributed by atoms with Gasteiger partial charge in [-0.25, -0.2) is 0 Å². The summed E-state index contributed by atoms with van der Waals surface area (Å²) >= 11 is 0. The van der Waals surface area contributed by atoms with E-state index in [2.05, 4.69) is 24.5 Å². The summed E-state index contributed by atoms with van der Waals surface area (Å²) in [4.78, 5) is 43.2. The van der Waals surface area contributed by atoms with Crippen molar-refractivity contribution in [2.45, 2.75) is 78.3 Å². The molecule has 0 radical (unpaired) electrons. The molecule has 3 saturated heterocycles. The van der Waals surface area contributed by atoms with Crippen molar-refractivity contribution in [1.29, 1.82) is 0 Å². The van der Waals surface area contributed by atoms with Crippen LogP contribution in [0.4, 0.5) is 0 Å². The van der Waals surface area contributed by atoms with Gasteiger partial charge in [-0.1, -0.05) is 27.7 Å². The van der Waals surface area contributed by atoms with Gasteiger partial charge in [0, 0.05) is 32.7 Å². The highest BCUT2D eigenvalue weighted by Gasteiger charge is 2.42. The molecule has 3 heterocycles. The Kier molecular flexibility index (Phi) is 8.14. The Balaban J connectivity index is 1.68. The van der Waals surface area contributed by atoms with E-state index in [1.54, 1.807) is 9.80 Å². The predicted octanol–water partition coefficient (Wildman–Crippen LogP) is 1.81. The van der Waals surface area contributed by atoms with Crippen molar-refractivity contribution < 1.29 is 14.4 Å². The van der Waals surface area contributed by atoms with Gasteiger partial charge < -0.3 is 20.4 Å². The number of nitrogens with one attached hydrogen (secondary N) is 2. The first-order chi connectivity index (χ1) is 14.7. The zero-order valence-electron chi connectivity index (χ0n) is 19.9. The lowest BCUT2D eigenvalue weighted by atomic mass is 9.73. The number of piperazine rings is 1. The van der Waals surface area contributed by atoms with E-state index in [4.69, 9.17) is 0 Å². The number of rotatable bonds is 7. The molecule has 1 unspecified atom stereocenters. The van der Waals surface area contributed by atoms with Crippen LogP contribution in [0.5, 0.6) is 0 Å². The third-order valence-electron chi connectivity index (χ3n) is 7.29. The highest BCUT2D eigenvalue weighted by molar-refractivity contribution is 6.38. The molecule has 2 amide bonds. The van der Waals surface area contributed by atoms with Crippen molar-refractivity contribution in [3.05, 3.63) is 0 Å². The Morgan fingerprint density at radius 2 is 1.74 bits per heavy atom. The largest absolute Gasteiger partial charge is 0.336 e. The van der Waals surface area contributed by atoms with Gasteiger partial charge in [-0.2, -0.15) is 0 Å². The number of likely N-dealkylation sites (tertiary alicyclic amines) is 1. The number of nitrogens with zero attached hydrogens (tertiary/aromatic N) is 2. The van der Waals surface area contributed by atoms with E-state index < -0.39 is 17.7 Å². The van der Waals surface area contributed by atoms with E-state index >= 15 is 0 Å². The van der Waals surface area contributed by atoms with Crippen molar-refractivity contribution >= 4 is 17.6 Å². The van der Waals surface area contributed by atoms with Crippen LogP contribution in [0.2, 0.25) is 0 Å². The number of amides is 2. The fraction of sp³-hybridized carbons (Fsp3) is 0.875. The summed E-state index contributed by atoms with van der Waals surface area (Å²) in [7, 11) is 0. The second-order valence-electron chi connectivity index (χ2n) is 10.8. The molecule has 176 valence electrons. The molecule has 7 nitrogen and oxygen atoms in total. The van der Waals surface area contributed by atoms with Crippen LogP contribution in [-0.4, -0.2) is 78.7 Å². The average Bonchev–Trinajstić information content (AvgIpc) is 2.73. The highest BCUT2D eigenvalue weighted by atomic mass is 16.2. The first-order valence-corrected chi connectivity index (χ1v) is 12.3. The normalized spacial score (nSPS) is 25.4. The molecule has 31 heavy (non-hydrogen) atoms. The smallest absolute Gasteiger partial charge is 0.292 e. The monoisotopic (exact) mass is 434 g/mol. The zero-order chi connectivity index (χ0) is 22.6. The molecule has 0 aromatic rings. The number of carbonyl (C=O) groups excluding carboxylic acids is 3. The quantitative estimate of drug-likeness (QED) is 0.597. The summed E-state index contributed by atoms with van der Waals surface area (Å²) in [6, 6.07) is -0.913. The second-order valence-corrected chi connectivity index (χ2v) is 10.8. The Bertz CT molecular complexity index is 647. The fourth-order valence-corrected chi connectivity index (χ4v) is 5.48. The molecule has 3 rings (SSSR count). The van der Waals surface area contributed by atoms with Crippen molar-refractivity contribution in [1.82, 2.24) is 20.4 Å². The molecule has 7 heteroatoms. The van der Waals surface area contributed by atoms with Crippen LogP contribution in [0, 0.1) is 17.3 Å². The van der Waals surface area contributed by atoms with Crippen molar-refractivity contribution in [2.24, 2.45) is 17.3 Å².